The highest BCUT2D eigenvalue weighted by Gasteiger charge is 2.04. The maximum absolute atomic E-state index is 4.28. The Morgan fingerprint density at radius 2 is 1.86 bits per heavy atom. The fourth-order valence-electron chi connectivity index (χ4n) is 1.25. The van der Waals surface area contributed by atoms with Crippen molar-refractivity contribution >= 4 is 15.9 Å². The molecular formula is C9H9BrN4. The standard InChI is InChI=1S/C9H9BrN4/c1-6-5-14(7(2)13-6)9-11-3-8(10)4-12-9/h3-5H,1-2H3. The average molecular weight is 253 g/mol. The van der Waals surface area contributed by atoms with E-state index in [0.717, 1.165) is 16.0 Å². The molecule has 0 bridgehead atoms. The van der Waals surface area contributed by atoms with Crippen LogP contribution in [0.15, 0.2) is 23.1 Å². The predicted molar refractivity (Wildman–Crippen MR) is 56.3 cm³/mol. The molecule has 0 saturated carbocycles. The summed E-state index contributed by atoms with van der Waals surface area (Å²) >= 11 is 3.29. The summed E-state index contributed by atoms with van der Waals surface area (Å²) in [6.45, 7) is 3.88. The average Bonchev–Trinajstić information content (AvgIpc) is 2.47. The Labute approximate surface area is 90.2 Å². The van der Waals surface area contributed by atoms with Crippen LogP contribution in [-0.2, 0) is 0 Å². The Hall–Kier alpha value is -1.23. The number of rotatable bonds is 1. The van der Waals surface area contributed by atoms with E-state index in [0.29, 0.717) is 5.95 Å². The van der Waals surface area contributed by atoms with E-state index < -0.39 is 0 Å². The van der Waals surface area contributed by atoms with Crippen LogP contribution >= 0.6 is 15.9 Å². The number of aromatic nitrogens is 4. The molecule has 0 aromatic carbocycles. The van der Waals surface area contributed by atoms with Gasteiger partial charge in [-0.25, -0.2) is 15.0 Å². The van der Waals surface area contributed by atoms with Crippen molar-refractivity contribution in [1.82, 2.24) is 19.5 Å². The lowest BCUT2D eigenvalue weighted by Gasteiger charge is -2.01. The summed E-state index contributed by atoms with van der Waals surface area (Å²) in [5, 5.41) is 0. The van der Waals surface area contributed by atoms with Crippen LogP contribution in [0.25, 0.3) is 5.95 Å². The molecule has 4 nitrogen and oxygen atoms in total. The molecule has 0 saturated heterocycles. The second kappa shape index (κ2) is 3.49. The van der Waals surface area contributed by atoms with Crippen LogP contribution in [0.3, 0.4) is 0 Å². The van der Waals surface area contributed by atoms with E-state index in [9.17, 15) is 0 Å². The highest BCUT2D eigenvalue weighted by Crippen LogP contribution is 2.10. The molecule has 0 amide bonds. The Morgan fingerprint density at radius 1 is 1.21 bits per heavy atom. The lowest BCUT2D eigenvalue weighted by molar-refractivity contribution is 0.880. The van der Waals surface area contributed by atoms with Gasteiger partial charge in [0.1, 0.15) is 5.82 Å². The highest BCUT2D eigenvalue weighted by molar-refractivity contribution is 9.10. The molecule has 0 aliphatic carbocycles. The molecule has 0 radical (unpaired) electrons. The van der Waals surface area contributed by atoms with Crippen molar-refractivity contribution in [1.29, 1.82) is 0 Å². The van der Waals surface area contributed by atoms with Gasteiger partial charge in [0.2, 0.25) is 5.95 Å². The Bertz CT molecular complexity index is 446. The number of imidazole rings is 1. The molecule has 0 aliphatic rings. The van der Waals surface area contributed by atoms with Crippen LogP contribution in [0.4, 0.5) is 0 Å². The largest absolute Gasteiger partial charge is 0.272 e. The molecule has 0 unspecified atom stereocenters. The van der Waals surface area contributed by atoms with Crippen molar-refractivity contribution in [2.45, 2.75) is 13.8 Å². The normalized spacial score (nSPS) is 10.5. The van der Waals surface area contributed by atoms with Crippen LogP contribution < -0.4 is 0 Å². The minimum Gasteiger partial charge on any atom is -0.272 e. The fraction of sp³-hybridized carbons (Fsp3) is 0.222. The van der Waals surface area contributed by atoms with Crippen molar-refractivity contribution in [2.75, 3.05) is 0 Å². The summed E-state index contributed by atoms with van der Waals surface area (Å²) in [5.74, 6) is 1.54. The van der Waals surface area contributed by atoms with Crippen molar-refractivity contribution in [2.24, 2.45) is 0 Å². The zero-order chi connectivity index (χ0) is 10.1. The first-order valence-corrected chi connectivity index (χ1v) is 4.96. The first-order chi connectivity index (χ1) is 6.66. The van der Waals surface area contributed by atoms with Crippen molar-refractivity contribution in [3.63, 3.8) is 0 Å². The van der Waals surface area contributed by atoms with Crippen molar-refractivity contribution in [3.05, 3.63) is 34.6 Å². The third-order valence-electron chi connectivity index (χ3n) is 1.82. The molecule has 0 atom stereocenters. The molecule has 14 heavy (non-hydrogen) atoms. The Kier molecular flexibility index (Phi) is 2.33. The lowest BCUT2D eigenvalue weighted by atomic mass is 10.6. The third kappa shape index (κ3) is 1.68. The number of halogens is 1. The zero-order valence-electron chi connectivity index (χ0n) is 7.90. The number of hydrogen-bond acceptors (Lipinski definition) is 3. The summed E-state index contributed by atoms with van der Waals surface area (Å²) in [6.07, 6.45) is 5.35. The molecule has 0 aliphatic heterocycles. The summed E-state index contributed by atoms with van der Waals surface area (Å²) in [5.41, 5.74) is 0.967. The van der Waals surface area contributed by atoms with Crippen LogP contribution in [-0.4, -0.2) is 19.5 Å². The minimum absolute atomic E-state index is 0.645. The van der Waals surface area contributed by atoms with Crippen LogP contribution in [0.2, 0.25) is 0 Å². The van der Waals surface area contributed by atoms with E-state index in [1.165, 1.54) is 0 Å². The van der Waals surface area contributed by atoms with Crippen LogP contribution in [0.5, 0.6) is 0 Å². The van der Waals surface area contributed by atoms with E-state index in [2.05, 4.69) is 30.9 Å². The summed E-state index contributed by atoms with van der Waals surface area (Å²) in [6, 6.07) is 0. The predicted octanol–water partition coefficient (Wildman–Crippen LogP) is 2.04. The molecule has 2 aromatic rings. The number of aryl methyl sites for hydroxylation is 2. The van der Waals surface area contributed by atoms with E-state index in [1.807, 2.05) is 24.6 Å². The van der Waals surface area contributed by atoms with Crippen LogP contribution in [0.1, 0.15) is 11.5 Å². The second-order valence-electron chi connectivity index (χ2n) is 3.00. The second-order valence-corrected chi connectivity index (χ2v) is 3.92. The molecule has 5 heteroatoms. The van der Waals surface area contributed by atoms with Gasteiger partial charge in [-0.1, -0.05) is 0 Å². The first-order valence-electron chi connectivity index (χ1n) is 4.17. The van der Waals surface area contributed by atoms with Gasteiger partial charge in [0.05, 0.1) is 10.2 Å². The first kappa shape index (κ1) is 9.33. The molecule has 0 spiro atoms. The molecule has 2 rings (SSSR count). The molecule has 2 heterocycles. The fourth-order valence-corrected chi connectivity index (χ4v) is 1.46. The summed E-state index contributed by atoms with van der Waals surface area (Å²) < 4.78 is 2.73. The van der Waals surface area contributed by atoms with Gasteiger partial charge in [0.15, 0.2) is 0 Å². The summed E-state index contributed by atoms with van der Waals surface area (Å²) in [7, 11) is 0. The quantitative estimate of drug-likeness (QED) is 0.781. The van der Waals surface area contributed by atoms with Gasteiger partial charge in [-0.2, -0.15) is 0 Å². The number of hydrogen-bond donors (Lipinski definition) is 0. The number of nitrogens with zero attached hydrogens (tertiary/aromatic N) is 4. The van der Waals surface area contributed by atoms with E-state index in [1.54, 1.807) is 12.4 Å². The van der Waals surface area contributed by atoms with Gasteiger partial charge >= 0.3 is 0 Å². The van der Waals surface area contributed by atoms with Gasteiger partial charge in [-0.05, 0) is 29.8 Å². The van der Waals surface area contributed by atoms with Crippen molar-refractivity contribution < 1.29 is 0 Å². The lowest BCUT2D eigenvalue weighted by Crippen LogP contribution is -2.00. The summed E-state index contributed by atoms with van der Waals surface area (Å²) in [4.78, 5) is 12.7. The molecule has 0 N–H and O–H groups in total. The SMILES string of the molecule is Cc1cn(-c2ncc(Br)cn2)c(C)n1. The van der Waals surface area contributed by atoms with Gasteiger partial charge < -0.3 is 0 Å². The maximum atomic E-state index is 4.28. The van der Waals surface area contributed by atoms with Crippen molar-refractivity contribution in [3.8, 4) is 5.95 Å². The molecular weight excluding hydrogens is 244 g/mol. The molecule has 0 fully saturated rings. The molecule has 2 aromatic heterocycles. The van der Waals surface area contributed by atoms with Gasteiger partial charge in [-0.15, -0.1) is 0 Å². The van der Waals surface area contributed by atoms with E-state index in [4.69, 9.17) is 0 Å². The third-order valence-corrected chi connectivity index (χ3v) is 2.23. The maximum Gasteiger partial charge on any atom is 0.235 e. The van der Waals surface area contributed by atoms with Gasteiger partial charge in [0.25, 0.3) is 0 Å². The van der Waals surface area contributed by atoms with E-state index in [-0.39, 0.29) is 0 Å². The molecule has 72 valence electrons. The Morgan fingerprint density at radius 3 is 2.36 bits per heavy atom. The smallest absolute Gasteiger partial charge is 0.235 e. The van der Waals surface area contributed by atoms with Crippen LogP contribution in [0, 0.1) is 13.8 Å². The topological polar surface area (TPSA) is 43.6 Å². The van der Waals surface area contributed by atoms with E-state index >= 15 is 0 Å². The zero-order valence-corrected chi connectivity index (χ0v) is 9.48. The minimum atomic E-state index is 0.645. The highest BCUT2D eigenvalue weighted by atomic mass is 79.9. The van der Waals surface area contributed by atoms with Gasteiger partial charge in [0, 0.05) is 18.6 Å². The Balaban J connectivity index is 2.49. The van der Waals surface area contributed by atoms with Gasteiger partial charge in [-0.3, -0.25) is 4.57 Å². The monoisotopic (exact) mass is 252 g/mol.